The summed E-state index contributed by atoms with van der Waals surface area (Å²) in [4.78, 5) is 61.4. The van der Waals surface area contributed by atoms with Gasteiger partial charge in [0.15, 0.2) is 0 Å². The van der Waals surface area contributed by atoms with Crippen molar-refractivity contribution in [2.45, 2.75) is 82.8 Å². The van der Waals surface area contributed by atoms with E-state index in [1.54, 1.807) is 31.0 Å². The molecule has 286 valence electrons. The molecule has 1 aromatic heterocycles. The Bertz CT molecular complexity index is 1840. The Kier molecular flexibility index (Phi) is 13.4. The number of nitrogens with zero attached hydrogens (tertiary/aromatic N) is 4. The van der Waals surface area contributed by atoms with E-state index >= 15 is 13.2 Å². The zero-order chi connectivity index (χ0) is 38.8. The number of pyridine rings is 1. The van der Waals surface area contributed by atoms with Crippen LogP contribution in [0.3, 0.4) is 0 Å². The quantitative estimate of drug-likeness (QED) is 0.217. The van der Waals surface area contributed by atoms with E-state index in [2.05, 4.69) is 25.8 Å². The summed E-state index contributed by atoms with van der Waals surface area (Å²) in [5, 5.41) is 16.7. The molecule has 3 atom stereocenters. The lowest BCUT2D eigenvalue weighted by atomic mass is 9.83. The molecule has 3 unspecified atom stereocenters. The summed E-state index contributed by atoms with van der Waals surface area (Å²) in [6, 6.07) is 13.7. The van der Waals surface area contributed by atoms with Crippen molar-refractivity contribution in [3.05, 3.63) is 95.1 Å². The average molecular weight is 746 g/mol. The molecule has 11 nitrogen and oxygen atoms in total. The van der Waals surface area contributed by atoms with E-state index in [0.29, 0.717) is 51.1 Å². The van der Waals surface area contributed by atoms with E-state index in [-0.39, 0.29) is 29.5 Å². The lowest BCUT2D eigenvalue weighted by Crippen LogP contribution is -2.56. The summed E-state index contributed by atoms with van der Waals surface area (Å²) in [7, 11) is 0. The maximum atomic E-state index is 15.7. The van der Waals surface area contributed by atoms with Gasteiger partial charge in [-0.3, -0.25) is 29.1 Å². The first-order valence-corrected chi connectivity index (χ1v) is 18.4. The number of nitriles is 1. The highest BCUT2D eigenvalue weighted by molar-refractivity contribution is 5.98. The van der Waals surface area contributed by atoms with Crippen LogP contribution >= 0.6 is 0 Å². The highest BCUT2D eigenvalue weighted by Gasteiger charge is 2.44. The molecule has 2 aromatic carbocycles. The summed E-state index contributed by atoms with van der Waals surface area (Å²) >= 11 is 0. The highest BCUT2D eigenvalue weighted by atomic mass is 19.3. The van der Waals surface area contributed by atoms with Gasteiger partial charge in [-0.25, -0.2) is 4.39 Å². The van der Waals surface area contributed by atoms with Gasteiger partial charge < -0.3 is 20.9 Å². The molecule has 2 fully saturated rings. The van der Waals surface area contributed by atoms with E-state index in [0.717, 1.165) is 37.1 Å². The molecule has 54 heavy (non-hydrogen) atoms. The smallest absolute Gasteiger partial charge is 0.344 e. The van der Waals surface area contributed by atoms with Gasteiger partial charge in [-0.2, -0.15) is 14.0 Å². The van der Waals surface area contributed by atoms with Crippen LogP contribution in [-0.2, 0) is 31.6 Å². The number of amides is 4. The molecule has 1 aliphatic heterocycles. The number of benzene rings is 2. The van der Waals surface area contributed by atoms with Crippen molar-refractivity contribution in [2.24, 2.45) is 5.92 Å². The van der Waals surface area contributed by atoms with Crippen LogP contribution in [0.5, 0.6) is 0 Å². The van der Waals surface area contributed by atoms with Gasteiger partial charge in [-0.05, 0) is 60.7 Å². The van der Waals surface area contributed by atoms with Crippen molar-refractivity contribution in [2.75, 3.05) is 31.5 Å². The van der Waals surface area contributed by atoms with Crippen molar-refractivity contribution in [3.8, 4) is 6.07 Å². The largest absolute Gasteiger partial charge is 0.349 e. The SMILES string of the molecule is CCC(=O)NC(C(=O)N1CCN(Cc2ccccn2)CC1)C(C)c1ccc(NC(=O)C(NC(=O)C(F)(F)c2cccc(C#N)c2)C2CCCCC2)c(F)c1. The summed E-state index contributed by atoms with van der Waals surface area (Å²) in [6.45, 7) is 6.13. The number of hydrogen-bond donors (Lipinski definition) is 3. The van der Waals surface area contributed by atoms with Crippen LogP contribution < -0.4 is 16.0 Å². The molecule has 1 aliphatic carbocycles. The van der Waals surface area contributed by atoms with Crippen LogP contribution in [0.1, 0.15) is 80.7 Å². The third-order valence-electron chi connectivity index (χ3n) is 10.3. The molecule has 5 rings (SSSR count). The van der Waals surface area contributed by atoms with Crippen molar-refractivity contribution in [3.63, 3.8) is 0 Å². The number of halogens is 3. The van der Waals surface area contributed by atoms with Crippen LogP contribution in [0, 0.1) is 23.1 Å². The zero-order valence-corrected chi connectivity index (χ0v) is 30.5. The molecule has 1 saturated carbocycles. The Labute approximate surface area is 313 Å². The number of carbonyl (C=O) groups is 4. The number of anilines is 1. The Morgan fingerprint density at radius 2 is 1.70 bits per heavy atom. The molecular weight excluding hydrogens is 699 g/mol. The number of alkyl halides is 2. The molecule has 0 radical (unpaired) electrons. The minimum absolute atomic E-state index is 0.0476. The second kappa shape index (κ2) is 18.2. The van der Waals surface area contributed by atoms with Crippen LogP contribution in [0.2, 0.25) is 0 Å². The second-order valence-electron chi connectivity index (χ2n) is 14.0. The van der Waals surface area contributed by atoms with Crippen molar-refractivity contribution >= 4 is 29.3 Å². The predicted octanol–water partition coefficient (Wildman–Crippen LogP) is 5.23. The van der Waals surface area contributed by atoms with Gasteiger partial charge in [0.05, 0.1) is 23.0 Å². The standard InChI is InChI=1S/C40H46F3N7O4/c1-3-34(51)47-35(38(53)50-20-18-49(19-21-50)25-31-14-7-8-17-45-31)26(2)29-15-16-33(32(41)23-29)46-37(52)36(28-11-5-4-6-12-28)48-39(54)40(42,43)30-13-9-10-27(22-30)24-44/h7-10,13-17,22-23,26,28,35-36H,3-6,11-12,18-21,25H2,1-2H3,(H,46,52)(H,47,51)(H,48,54). The van der Waals surface area contributed by atoms with Gasteiger partial charge in [0.1, 0.15) is 17.9 Å². The molecule has 0 bridgehead atoms. The molecule has 2 aliphatic rings. The van der Waals surface area contributed by atoms with Gasteiger partial charge in [0, 0.05) is 56.8 Å². The van der Waals surface area contributed by atoms with Crippen molar-refractivity contribution < 1.29 is 32.3 Å². The highest BCUT2D eigenvalue weighted by Crippen LogP contribution is 2.32. The Balaban J connectivity index is 1.29. The molecule has 3 aromatic rings. The first-order valence-electron chi connectivity index (χ1n) is 18.4. The van der Waals surface area contributed by atoms with Gasteiger partial charge in [0.25, 0.3) is 5.91 Å². The maximum Gasteiger partial charge on any atom is 0.349 e. The molecule has 1 saturated heterocycles. The predicted molar refractivity (Wildman–Crippen MR) is 195 cm³/mol. The summed E-state index contributed by atoms with van der Waals surface area (Å²) in [5.41, 5.74) is 0.353. The third-order valence-corrected chi connectivity index (χ3v) is 10.3. The first kappa shape index (κ1) is 39.9. The third kappa shape index (κ3) is 9.82. The van der Waals surface area contributed by atoms with E-state index < -0.39 is 53.0 Å². The monoisotopic (exact) mass is 745 g/mol. The molecule has 3 N–H and O–H groups in total. The number of carbonyl (C=O) groups excluding carboxylic acids is 4. The van der Waals surface area contributed by atoms with Crippen molar-refractivity contribution in [1.29, 1.82) is 5.26 Å². The normalized spacial score (nSPS) is 17.1. The van der Waals surface area contributed by atoms with E-state index in [9.17, 15) is 19.2 Å². The molecule has 4 amide bonds. The molecule has 2 heterocycles. The second-order valence-corrected chi connectivity index (χ2v) is 14.0. The number of nitrogens with one attached hydrogen (secondary N) is 3. The zero-order valence-electron chi connectivity index (χ0n) is 30.5. The number of rotatable bonds is 13. The fourth-order valence-electron chi connectivity index (χ4n) is 7.05. The number of hydrogen-bond acceptors (Lipinski definition) is 7. The lowest BCUT2D eigenvalue weighted by molar-refractivity contribution is -0.149. The average Bonchev–Trinajstić information content (AvgIpc) is 3.20. The van der Waals surface area contributed by atoms with Gasteiger partial charge in [-0.1, -0.05) is 57.4 Å². The van der Waals surface area contributed by atoms with E-state index in [1.807, 2.05) is 18.2 Å². The summed E-state index contributed by atoms with van der Waals surface area (Å²) in [5.74, 6) is -9.17. The van der Waals surface area contributed by atoms with Gasteiger partial charge in [0.2, 0.25) is 17.7 Å². The number of aromatic nitrogens is 1. The number of piperazine rings is 1. The van der Waals surface area contributed by atoms with Crippen LogP contribution in [-0.4, -0.2) is 76.7 Å². The van der Waals surface area contributed by atoms with Crippen LogP contribution in [0.15, 0.2) is 66.9 Å². The summed E-state index contributed by atoms with van der Waals surface area (Å²) < 4.78 is 46.4. The Hall–Kier alpha value is -5.29. The fourth-order valence-corrected chi connectivity index (χ4v) is 7.05. The van der Waals surface area contributed by atoms with Gasteiger partial charge >= 0.3 is 5.92 Å². The lowest BCUT2D eigenvalue weighted by Gasteiger charge is -2.37. The minimum atomic E-state index is -4.04. The Morgan fingerprint density at radius 1 is 0.963 bits per heavy atom. The minimum Gasteiger partial charge on any atom is -0.344 e. The van der Waals surface area contributed by atoms with E-state index in [1.165, 1.54) is 30.3 Å². The van der Waals surface area contributed by atoms with E-state index in [4.69, 9.17) is 5.26 Å². The van der Waals surface area contributed by atoms with Crippen LogP contribution in [0.4, 0.5) is 18.9 Å². The Morgan fingerprint density at radius 3 is 2.35 bits per heavy atom. The maximum absolute atomic E-state index is 15.7. The molecule has 0 spiro atoms. The molecule has 14 heteroatoms. The summed E-state index contributed by atoms with van der Waals surface area (Å²) in [6.07, 6.45) is 5.26. The van der Waals surface area contributed by atoms with Gasteiger partial charge in [-0.15, -0.1) is 0 Å². The van der Waals surface area contributed by atoms with Crippen molar-refractivity contribution in [1.82, 2.24) is 25.4 Å². The van der Waals surface area contributed by atoms with Crippen LogP contribution in [0.25, 0.3) is 0 Å². The molecular formula is C40H46F3N7O4. The topological polar surface area (TPSA) is 148 Å². The fraction of sp³-hybridized carbons (Fsp3) is 0.450. The first-order chi connectivity index (χ1) is 25.9.